The Morgan fingerprint density at radius 1 is 1.40 bits per heavy atom. The van der Waals surface area contributed by atoms with Gasteiger partial charge in [-0.25, -0.2) is 0 Å². The maximum atomic E-state index is 8.76. The minimum Gasteiger partial charge on any atom is -0.379 e. The molecule has 0 spiro atoms. The highest BCUT2D eigenvalue weighted by Gasteiger charge is 2.22. The second-order valence-corrected chi connectivity index (χ2v) is 4.15. The first kappa shape index (κ1) is 14.4. The van der Waals surface area contributed by atoms with E-state index in [1.54, 1.807) is 6.92 Å². The van der Waals surface area contributed by atoms with Gasteiger partial charge in [-0.3, -0.25) is 0 Å². The molecule has 0 radical (unpaired) electrons. The molecule has 0 fully saturated rings. The molecule has 3 unspecified atom stereocenters. The molecule has 0 aliphatic rings. The Morgan fingerprint density at radius 3 is 2.47 bits per heavy atom. The molecule has 0 aliphatic heterocycles. The van der Waals surface area contributed by atoms with E-state index in [1.165, 1.54) is 0 Å². The third-order valence-corrected chi connectivity index (χ3v) is 1.99. The van der Waals surface area contributed by atoms with Gasteiger partial charge in [0, 0.05) is 13.0 Å². The van der Waals surface area contributed by atoms with E-state index in [9.17, 15) is 0 Å². The fourth-order valence-electron chi connectivity index (χ4n) is 1.41. The summed E-state index contributed by atoms with van der Waals surface area (Å²) >= 11 is 0. The lowest BCUT2D eigenvalue weighted by Gasteiger charge is -2.24. The first-order chi connectivity index (χ1) is 6.91. The summed E-state index contributed by atoms with van der Waals surface area (Å²) in [7, 11) is 0. The number of rotatable bonds is 7. The molecule has 0 amide bonds. The Bertz CT molecular complexity index is 211. The van der Waals surface area contributed by atoms with Crippen molar-refractivity contribution in [2.45, 2.75) is 51.9 Å². The summed E-state index contributed by atoms with van der Waals surface area (Å²) in [6.45, 7) is 8.80. The van der Waals surface area contributed by atoms with E-state index in [1.807, 2.05) is 20.8 Å². The van der Waals surface area contributed by atoms with Crippen LogP contribution in [-0.2, 0) is 9.47 Å². The SMILES string of the molecule is CCOCC(C)OC(C)CC(C)(N)C#N. The molecule has 88 valence electrons. The van der Waals surface area contributed by atoms with Crippen LogP contribution in [0.5, 0.6) is 0 Å². The summed E-state index contributed by atoms with van der Waals surface area (Å²) in [4.78, 5) is 0. The van der Waals surface area contributed by atoms with E-state index < -0.39 is 5.54 Å². The van der Waals surface area contributed by atoms with Crippen molar-refractivity contribution < 1.29 is 9.47 Å². The van der Waals surface area contributed by atoms with Crippen LogP contribution < -0.4 is 5.73 Å². The summed E-state index contributed by atoms with van der Waals surface area (Å²) in [6, 6.07) is 2.06. The average molecular weight is 214 g/mol. The first-order valence-corrected chi connectivity index (χ1v) is 5.34. The van der Waals surface area contributed by atoms with Gasteiger partial charge in [-0.1, -0.05) is 0 Å². The molecular weight excluding hydrogens is 192 g/mol. The lowest BCUT2D eigenvalue weighted by atomic mass is 9.98. The van der Waals surface area contributed by atoms with Crippen molar-refractivity contribution in [1.82, 2.24) is 0 Å². The van der Waals surface area contributed by atoms with Crippen LogP contribution in [0.25, 0.3) is 0 Å². The van der Waals surface area contributed by atoms with Crippen LogP contribution in [0, 0.1) is 11.3 Å². The van der Waals surface area contributed by atoms with Crippen molar-refractivity contribution in [2.24, 2.45) is 5.73 Å². The second kappa shape index (κ2) is 6.78. The van der Waals surface area contributed by atoms with Gasteiger partial charge in [0.15, 0.2) is 0 Å². The summed E-state index contributed by atoms with van der Waals surface area (Å²) in [5, 5.41) is 8.76. The first-order valence-electron chi connectivity index (χ1n) is 5.34. The minimum atomic E-state index is -0.815. The van der Waals surface area contributed by atoms with Crippen LogP contribution in [0.2, 0.25) is 0 Å². The molecule has 15 heavy (non-hydrogen) atoms. The monoisotopic (exact) mass is 214 g/mol. The van der Waals surface area contributed by atoms with Crippen molar-refractivity contribution in [3.63, 3.8) is 0 Å². The molecule has 0 aliphatic carbocycles. The van der Waals surface area contributed by atoms with Crippen molar-refractivity contribution >= 4 is 0 Å². The Morgan fingerprint density at radius 2 is 2.00 bits per heavy atom. The predicted molar refractivity (Wildman–Crippen MR) is 59.3 cm³/mol. The smallest absolute Gasteiger partial charge is 0.103 e. The predicted octanol–water partition coefficient (Wildman–Crippen LogP) is 1.45. The van der Waals surface area contributed by atoms with Gasteiger partial charge in [0.05, 0.1) is 24.9 Å². The molecule has 0 aromatic heterocycles. The molecule has 0 heterocycles. The summed E-state index contributed by atoms with van der Waals surface area (Å²) in [6.07, 6.45) is 0.532. The topological polar surface area (TPSA) is 68.3 Å². The number of ether oxygens (including phenoxy) is 2. The number of nitrogens with two attached hydrogens (primary N) is 1. The highest BCUT2D eigenvalue weighted by atomic mass is 16.5. The average Bonchev–Trinajstić information content (AvgIpc) is 2.13. The molecule has 4 heteroatoms. The number of hydrogen-bond acceptors (Lipinski definition) is 4. The van der Waals surface area contributed by atoms with Crippen LogP contribution in [0.1, 0.15) is 34.1 Å². The van der Waals surface area contributed by atoms with Gasteiger partial charge in [-0.2, -0.15) is 5.26 Å². The maximum Gasteiger partial charge on any atom is 0.103 e. The summed E-state index contributed by atoms with van der Waals surface area (Å²) < 4.78 is 10.9. The van der Waals surface area contributed by atoms with Crippen LogP contribution in [-0.4, -0.2) is 31.0 Å². The second-order valence-electron chi connectivity index (χ2n) is 4.15. The van der Waals surface area contributed by atoms with Gasteiger partial charge >= 0.3 is 0 Å². The number of hydrogen-bond donors (Lipinski definition) is 1. The Hall–Kier alpha value is -0.630. The van der Waals surface area contributed by atoms with Crippen molar-refractivity contribution in [2.75, 3.05) is 13.2 Å². The third-order valence-electron chi connectivity index (χ3n) is 1.99. The van der Waals surface area contributed by atoms with Crippen molar-refractivity contribution in [3.8, 4) is 6.07 Å². The largest absolute Gasteiger partial charge is 0.379 e. The van der Waals surface area contributed by atoms with E-state index in [2.05, 4.69) is 6.07 Å². The quantitative estimate of drug-likeness (QED) is 0.696. The van der Waals surface area contributed by atoms with Crippen molar-refractivity contribution in [1.29, 1.82) is 5.26 Å². The Balaban J connectivity index is 3.83. The van der Waals surface area contributed by atoms with Gasteiger partial charge in [0.1, 0.15) is 5.54 Å². The van der Waals surface area contributed by atoms with E-state index >= 15 is 0 Å². The maximum absolute atomic E-state index is 8.76. The summed E-state index contributed by atoms with van der Waals surface area (Å²) in [5.41, 5.74) is 4.91. The van der Waals surface area contributed by atoms with E-state index in [0.717, 1.165) is 0 Å². The fraction of sp³-hybridized carbons (Fsp3) is 0.909. The molecule has 4 nitrogen and oxygen atoms in total. The zero-order chi connectivity index (χ0) is 11.9. The molecule has 2 N–H and O–H groups in total. The van der Waals surface area contributed by atoms with E-state index in [0.29, 0.717) is 19.6 Å². The van der Waals surface area contributed by atoms with Gasteiger partial charge in [-0.05, 0) is 27.7 Å². The lowest BCUT2D eigenvalue weighted by molar-refractivity contribution is -0.0455. The van der Waals surface area contributed by atoms with Crippen LogP contribution in [0.15, 0.2) is 0 Å². The normalized spacial score (nSPS) is 18.9. The standard InChI is InChI=1S/C11H22N2O2/c1-5-14-7-10(3)15-9(2)6-11(4,13)8-12/h9-10H,5-7,13H2,1-4H3. The Kier molecular flexibility index (Phi) is 6.50. The fourth-order valence-corrected chi connectivity index (χ4v) is 1.41. The van der Waals surface area contributed by atoms with Crippen LogP contribution in [0.3, 0.4) is 0 Å². The number of nitriles is 1. The molecule has 0 saturated heterocycles. The number of nitrogens with zero attached hydrogens (tertiary/aromatic N) is 1. The molecule has 0 bridgehead atoms. The highest BCUT2D eigenvalue weighted by molar-refractivity contribution is 5.01. The molecule has 0 saturated carbocycles. The summed E-state index contributed by atoms with van der Waals surface area (Å²) in [5.74, 6) is 0. The molecule has 0 aromatic carbocycles. The zero-order valence-electron chi connectivity index (χ0n) is 10.1. The highest BCUT2D eigenvalue weighted by Crippen LogP contribution is 2.12. The zero-order valence-corrected chi connectivity index (χ0v) is 10.1. The van der Waals surface area contributed by atoms with Gasteiger partial charge in [0.2, 0.25) is 0 Å². The molecular formula is C11H22N2O2. The van der Waals surface area contributed by atoms with E-state index in [4.69, 9.17) is 20.5 Å². The molecule has 3 atom stereocenters. The van der Waals surface area contributed by atoms with Crippen molar-refractivity contribution in [3.05, 3.63) is 0 Å². The van der Waals surface area contributed by atoms with Crippen LogP contribution >= 0.6 is 0 Å². The molecule has 0 aromatic rings. The van der Waals surface area contributed by atoms with Gasteiger partial charge in [-0.15, -0.1) is 0 Å². The molecule has 0 rings (SSSR count). The minimum absolute atomic E-state index is 0.0323. The van der Waals surface area contributed by atoms with Gasteiger partial charge in [0.25, 0.3) is 0 Å². The van der Waals surface area contributed by atoms with Gasteiger partial charge < -0.3 is 15.2 Å². The lowest BCUT2D eigenvalue weighted by Crippen LogP contribution is -2.39. The third kappa shape index (κ3) is 7.32. The Labute approximate surface area is 92.3 Å². The van der Waals surface area contributed by atoms with E-state index in [-0.39, 0.29) is 12.2 Å². The van der Waals surface area contributed by atoms with Crippen LogP contribution in [0.4, 0.5) is 0 Å².